The van der Waals surface area contributed by atoms with Crippen molar-refractivity contribution in [2.45, 2.75) is 46.1 Å². The number of hydrogen-bond acceptors (Lipinski definition) is 4. The third kappa shape index (κ3) is 7.06. The Morgan fingerprint density at radius 3 is 2.29 bits per heavy atom. The van der Waals surface area contributed by atoms with Gasteiger partial charge in [0.25, 0.3) is 5.91 Å². The highest BCUT2D eigenvalue weighted by Crippen LogP contribution is 2.15. The molecule has 0 atom stereocenters. The summed E-state index contributed by atoms with van der Waals surface area (Å²) in [5, 5.41) is 2.58. The molecule has 0 aliphatic rings. The minimum Gasteiger partial charge on any atom is -0.494 e. The Balaban J connectivity index is 1.73. The topological polar surface area (TPSA) is 64.6 Å². The third-order valence-corrected chi connectivity index (χ3v) is 4.32. The average molecular weight is 383 g/mol. The van der Waals surface area contributed by atoms with E-state index >= 15 is 0 Å². The SMILES string of the molecule is CCCCOc1ccc(C(=O)NCC(=O)OCc2ccc(C(C)C)cc2)cc1. The molecule has 0 aliphatic carbocycles. The highest BCUT2D eigenvalue weighted by Gasteiger charge is 2.09. The van der Waals surface area contributed by atoms with Crippen LogP contribution in [0.15, 0.2) is 48.5 Å². The predicted molar refractivity (Wildman–Crippen MR) is 110 cm³/mol. The molecule has 0 heterocycles. The lowest BCUT2D eigenvalue weighted by Gasteiger charge is -2.09. The van der Waals surface area contributed by atoms with Crippen LogP contribution >= 0.6 is 0 Å². The van der Waals surface area contributed by atoms with Gasteiger partial charge in [-0.05, 0) is 47.7 Å². The van der Waals surface area contributed by atoms with Crippen molar-refractivity contribution in [1.29, 1.82) is 0 Å². The zero-order valence-corrected chi connectivity index (χ0v) is 16.9. The Morgan fingerprint density at radius 2 is 1.68 bits per heavy atom. The largest absolute Gasteiger partial charge is 0.494 e. The van der Waals surface area contributed by atoms with Crippen LogP contribution in [0.3, 0.4) is 0 Å². The van der Waals surface area contributed by atoms with Crippen LogP contribution in [0, 0.1) is 0 Å². The van der Waals surface area contributed by atoms with Crippen LogP contribution in [0.5, 0.6) is 5.75 Å². The second-order valence-corrected chi connectivity index (χ2v) is 6.97. The molecule has 2 rings (SSSR count). The van der Waals surface area contributed by atoms with E-state index < -0.39 is 5.97 Å². The number of nitrogens with one attached hydrogen (secondary N) is 1. The predicted octanol–water partition coefficient (Wildman–Crippen LogP) is 4.46. The van der Waals surface area contributed by atoms with Gasteiger partial charge in [-0.2, -0.15) is 0 Å². The molecule has 1 amide bonds. The summed E-state index contributed by atoms with van der Waals surface area (Å²) in [6, 6.07) is 14.8. The fourth-order valence-electron chi connectivity index (χ4n) is 2.51. The summed E-state index contributed by atoms with van der Waals surface area (Å²) in [6.07, 6.45) is 2.06. The molecule has 0 bridgehead atoms. The van der Waals surface area contributed by atoms with E-state index in [2.05, 4.69) is 26.1 Å². The molecule has 28 heavy (non-hydrogen) atoms. The van der Waals surface area contributed by atoms with Crippen molar-refractivity contribution in [2.75, 3.05) is 13.2 Å². The Kier molecular flexibility index (Phi) is 8.53. The number of ether oxygens (including phenoxy) is 2. The first kappa shape index (κ1) is 21.5. The zero-order valence-electron chi connectivity index (χ0n) is 16.9. The summed E-state index contributed by atoms with van der Waals surface area (Å²) in [5.41, 5.74) is 2.63. The van der Waals surface area contributed by atoms with Crippen molar-refractivity contribution in [1.82, 2.24) is 5.32 Å². The first-order valence-corrected chi connectivity index (χ1v) is 9.75. The minimum atomic E-state index is -0.471. The molecular formula is C23H29NO4. The molecule has 5 nitrogen and oxygen atoms in total. The summed E-state index contributed by atoms with van der Waals surface area (Å²) in [5.74, 6) is 0.399. The summed E-state index contributed by atoms with van der Waals surface area (Å²) in [6.45, 7) is 7.04. The molecule has 0 fully saturated rings. The molecule has 0 radical (unpaired) electrons. The molecule has 0 aromatic heterocycles. The van der Waals surface area contributed by atoms with Crippen molar-refractivity contribution in [3.05, 3.63) is 65.2 Å². The highest BCUT2D eigenvalue weighted by molar-refractivity contribution is 5.96. The van der Waals surface area contributed by atoms with Crippen LogP contribution in [0.1, 0.15) is 61.0 Å². The van der Waals surface area contributed by atoms with Crippen LogP contribution in [-0.4, -0.2) is 25.0 Å². The quantitative estimate of drug-likeness (QED) is 0.486. The van der Waals surface area contributed by atoms with E-state index in [0.717, 1.165) is 24.2 Å². The zero-order chi connectivity index (χ0) is 20.4. The fraction of sp³-hybridized carbons (Fsp3) is 0.391. The molecule has 2 aromatic rings. The van der Waals surface area contributed by atoms with Crippen molar-refractivity contribution in [3.63, 3.8) is 0 Å². The number of hydrogen-bond donors (Lipinski definition) is 1. The minimum absolute atomic E-state index is 0.169. The molecule has 5 heteroatoms. The van der Waals surface area contributed by atoms with Gasteiger partial charge in [0, 0.05) is 5.56 Å². The van der Waals surface area contributed by atoms with E-state index in [1.54, 1.807) is 24.3 Å². The second kappa shape index (κ2) is 11.1. The van der Waals surface area contributed by atoms with Gasteiger partial charge in [-0.25, -0.2) is 0 Å². The van der Waals surface area contributed by atoms with E-state index in [1.165, 1.54) is 5.56 Å². The maximum Gasteiger partial charge on any atom is 0.325 e. The van der Waals surface area contributed by atoms with Gasteiger partial charge in [0.05, 0.1) is 6.61 Å². The normalized spacial score (nSPS) is 10.6. The smallest absolute Gasteiger partial charge is 0.325 e. The maximum atomic E-state index is 12.1. The van der Waals surface area contributed by atoms with Crippen LogP contribution in [-0.2, 0) is 16.1 Å². The molecule has 1 N–H and O–H groups in total. The Bertz CT molecular complexity index is 751. The number of rotatable bonds is 10. The third-order valence-electron chi connectivity index (χ3n) is 4.32. The molecular weight excluding hydrogens is 354 g/mol. The van der Waals surface area contributed by atoms with Crippen LogP contribution < -0.4 is 10.1 Å². The van der Waals surface area contributed by atoms with E-state index in [-0.39, 0.29) is 19.1 Å². The first-order chi connectivity index (χ1) is 13.5. The van der Waals surface area contributed by atoms with E-state index in [4.69, 9.17) is 9.47 Å². The molecule has 0 spiro atoms. The standard InChI is InChI=1S/C23H29NO4/c1-4-5-14-27-21-12-10-20(11-13-21)23(26)24-15-22(25)28-16-18-6-8-19(9-7-18)17(2)3/h6-13,17H,4-5,14-16H2,1-3H3,(H,24,26). The fourth-order valence-corrected chi connectivity index (χ4v) is 2.51. The number of benzene rings is 2. The monoisotopic (exact) mass is 383 g/mol. The Hall–Kier alpha value is -2.82. The molecule has 150 valence electrons. The van der Waals surface area contributed by atoms with Gasteiger partial charge in [-0.1, -0.05) is 51.5 Å². The van der Waals surface area contributed by atoms with Gasteiger partial charge in [-0.15, -0.1) is 0 Å². The Labute approximate surface area is 167 Å². The van der Waals surface area contributed by atoms with Crippen molar-refractivity contribution in [2.24, 2.45) is 0 Å². The molecule has 0 saturated carbocycles. The van der Waals surface area contributed by atoms with Gasteiger partial charge in [0.1, 0.15) is 18.9 Å². The van der Waals surface area contributed by atoms with Gasteiger partial charge in [-0.3, -0.25) is 9.59 Å². The number of carbonyl (C=O) groups is 2. The van der Waals surface area contributed by atoms with E-state index in [0.29, 0.717) is 18.1 Å². The lowest BCUT2D eigenvalue weighted by atomic mass is 10.0. The van der Waals surface area contributed by atoms with E-state index in [1.807, 2.05) is 24.3 Å². The molecule has 0 saturated heterocycles. The maximum absolute atomic E-state index is 12.1. The number of esters is 1. The van der Waals surface area contributed by atoms with Crippen LogP contribution in [0.2, 0.25) is 0 Å². The number of amides is 1. The highest BCUT2D eigenvalue weighted by atomic mass is 16.5. The molecule has 0 unspecified atom stereocenters. The molecule has 2 aromatic carbocycles. The van der Waals surface area contributed by atoms with Crippen molar-refractivity contribution in [3.8, 4) is 5.75 Å². The van der Waals surface area contributed by atoms with Crippen molar-refractivity contribution < 1.29 is 19.1 Å². The summed E-state index contributed by atoms with van der Waals surface area (Å²) in [7, 11) is 0. The van der Waals surface area contributed by atoms with Gasteiger partial charge in [0.15, 0.2) is 0 Å². The van der Waals surface area contributed by atoms with Gasteiger partial charge < -0.3 is 14.8 Å². The lowest BCUT2D eigenvalue weighted by molar-refractivity contribution is -0.143. The molecule has 0 aliphatic heterocycles. The van der Waals surface area contributed by atoms with Crippen molar-refractivity contribution >= 4 is 11.9 Å². The van der Waals surface area contributed by atoms with Gasteiger partial charge >= 0.3 is 5.97 Å². The van der Waals surface area contributed by atoms with Gasteiger partial charge in [0.2, 0.25) is 0 Å². The summed E-state index contributed by atoms with van der Waals surface area (Å²) in [4.78, 5) is 24.0. The number of carbonyl (C=O) groups excluding carboxylic acids is 2. The van der Waals surface area contributed by atoms with E-state index in [9.17, 15) is 9.59 Å². The van der Waals surface area contributed by atoms with Crippen LogP contribution in [0.4, 0.5) is 0 Å². The van der Waals surface area contributed by atoms with Crippen LogP contribution in [0.25, 0.3) is 0 Å². The average Bonchev–Trinajstić information content (AvgIpc) is 2.71. The summed E-state index contributed by atoms with van der Waals surface area (Å²) >= 11 is 0. The first-order valence-electron chi connectivity index (χ1n) is 9.75. The Morgan fingerprint density at radius 1 is 1.00 bits per heavy atom. The lowest BCUT2D eigenvalue weighted by Crippen LogP contribution is -2.30. The number of unbranched alkanes of at least 4 members (excludes halogenated alkanes) is 1. The summed E-state index contributed by atoms with van der Waals surface area (Å²) < 4.78 is 10.8. The second-order valence-electron chi connectivity index (χ2n) is 6.97.